The van der Waals surface area contributed by atoms with Gasteiger partial charge >= 0.3 is 0 Å². The quantitative estimate of drug-likeness (QED) is 0.495. The first-order valence-electron chi connectivity index (χ1n) is 5.92. The van der Waals surface area contributed by atoms with Crippen LogP contribution in [0.25, 0.3) is 0 Å². The van der Waals surface area contributed by atoms with Crippen LogP contribution in [0.2, 0.25) is 0 Å². The van der Waals surface area contributed by atoms with E-state index in [0.717, 1.165) is 4.48 Å². The highest BCUT2D eigenvalue weighted by Crippen LogP contribution is 2.07. The Bertz CT molecular complexity index is 258. The van der Waals surface area contributed by atoms with Crippen LogP contribution in [0.4, 0.5) is 0 Å². The van der Waals surface area contributed by atoms with Crippen LogP contribution in [-0.2, 0) is 6.42 Å². The van der Waals surface area contributed by atoms with Crippen LogP contribution in [0.5, 0.6) is 0 Å². The standard InChI is InChI=1S/C14H24N/c1-15(2,3)13-9-5-8-12-14-10-6-4-7-11-14/h4,6-7,10-11H,5,8-9,12-13H2,1-3H3/q+1. The van der Waals surface area contributed by atoms with Crippen molar-refractivity contribution in [2.75, 3.05) is 27.7 Å². The molecule has 1 nitrogen and oxygen atoms in total. The molecule has 0 aromatic heterocycles. The predicted molar refractivity (Wildman–Crippen MR) is 66.9 cm³/mol. The number of nitrogens with zero attached hydrogens (tertiary/aromatic N) is 1. The molecule has 0 fully saturated rings. The summed E-state index contributed by atoms with van der Waals surface area (Å²) >= 11 is 0. The predicted octanol–water partition coefficient (Wildman–Crippen LogP) is 3.11. The molecular weight excluding hydrogens is 182 g/mol. The zero-order valence-corrected chi connectivity index (χ0v) is 10.4. The molecular formula is C14H24N+. The largest absolute Gasteiger partial charge is 0.331 e. The van der Waals surface area contributed by atoms with Crippen molar-refractivity contribution in [3.63, 3.8) is 0 Å². The van der Waals surface area contributed by atoms with Gasteiger partial charge in [0.1, 0.15) is 0 Å². The van der Waals surface area contributed by atoms with Crippen LogP contribution in [0.3, 0.4) is 0 Å². The van der Waals surface area contributed by atoms with E-state index in [2.05, 4.69) is 51.5 Å². The maximum atomic E-state index is 2.26. The molecule has 0 saturated heterocycles. The van der Waals surface area contributed by atoms with E-state index in [9.17, 15) is 0 Å². The van der Waals surface area contributed by atoms with Crippen LogP contribution in [0.1, 0.15) is 24.8 Å². The highest BCUT2D eigenvalue weighted by Gasteiger charge is 2.04. The Hall–Kier alpha value is -0.820. The molecule has 84 valence electrons. The lowest BCUT2D eigenvalue weighted by Gasteiger charge is -2.23. The maximum absolute atomic E-state index is 2.26. The smallest absolute Gasteiger partial charge is 0.0780 e. The molecule has 0 aliphatic rings. The van der Waals surface area contributed by atoms with Crippen LogP contribution in [0.15, 0.2) is 30.3 Å². The average Bonchev–Trinajstić information content (AvgIpc) is 2.17. The number of quaternary nitrogens is 1. The molecule has 0 spiro atoms. The third-order valence-electron chi connectivity index (χ3n) is 2.64. The minimum Gasteiger partial charge on any atom is -0.331 e. The van der Waals surface area contributed by atoms with E-state index in [4.69, 9.17) is 0 Å². The summed E-state index contributed by atoms with van der Waals surface area (Å²) in [6.45, 7) is 1.29. The molecule has 0 unspecified atom stereocenters. The summed E-state index contributed by atoms with van der Waals surface area (Å²) in [5.74, 6) is 0. The van der Waals surface area contributed by atoms with Crippen LogP contribution < -0.4 is 0 Å². The van der Waals surface area contributed by atoms with Crippen LogP contribution in [-0.4, -0.2) is 32.2 Å². The minimum atomic E-state index is 1.09. The summed E-state index contributed by atoms with van der Waals surface area (Å²) in [5, 5.41) is 0. The molecule has 1 rings (SSSR count). The Kier molecular flexibility index (Phi) is 4.83. The lowest BCUT2D eigenvalue weighted by molar-refractivity contribution is -0.870. The van der Waals surface area contributed by atoms with Gasteiger partial charge in [-0.05, 0) is 31.2 Å². The van der Waals surface area contributed by atoms with E-state index in [0.29, 0.717) is 0 Å². The lowest BCUT2D eigenvalue weighted by Crippen LogP contribution is -2.35. The summed E-state index contributed by atoms with van der Waals surface area (Å²) in [7, 11) is 6.78. The second-order valence-corrected chi connectivity index (χ2v) is 5.31. The summed E-state index contributed by atoms with van der Waals surface area (Å²) in [4.78, 5) is 0. The van der Waals surface area contributed by atoms with E-state index in [1.165, 1.54) is 37.8 Å². The number of hydrogen-bond donors (Lipinski definition) is 0. The number of rotatable bonds is 6. The van der Waals surface area contributed by atoms with Crippen molar-refractivity contribution in [2.24, 2.45) is 0 Å². The van der Waals surface area contributed by atoms with Crippen molar-refractivity contribution in [1.82, 2.24) is 0 Å². The van der Waals surface area contributed by atoms with Gasteiger partial charge in [-0.25, -0.2) is 0 Å². The van der Waals surface area contributed by atoms with Crippen molar-refractivity contribution in [3.05, 3.63) is 35.9 Å². The summed E-state index contributed by atoms with van der Waals surface area (Å²) in [6.07, 6.45) is 5.25. The summed E-state index contributed by atoms with van der Waals surface area (Å²) < 4.78 is 1.09. The highest BCUT2D eigenvalue weighted by molar-refractivity contribution is 5.14. The second kappa shape index (κ2) is 5.92. The van der Waals surface area contributed by atoms with Crippen molar-refractivity contribution < 1.29 is 4.48 Å². The molecule has 0 N–H and O–H groups in total. The summed E-state index contributed by atoms with van der Waals surface area (Å²) in [6, 6.07) is 10.8. The number of unbranched alkanes of at least 4 members (excludes halogenated alkanes) is 2. The Labute approximate surface area is 94.3 Å². The topological polar surface area (TPSA) is 0 Å². The van der Waals surface area contributed by atoms with Gasteiger partial charge in [0.2, 0.25) is 0 Å². The first kappa shape index (κ1) is 12.3. The van der Waals surface area contributed by atoms with Gasteiger partial charge in [-0.1, -0.05) is 30.3 Å². The number of aryl methyl sites for hydroxylation is 1. The first-order valence-corrected chi connectivity index (χ1v) is 5.92. The van der Waals surface area contributed by atoms with Gasteiger partial charge in [0.05, 0.1) is 27.7 Å². The summed E-state index contributed by atoms with van der Waals surface area (Å²) in [5.41, 5.74) is 1.47. The molecule has 0 aliphatic carbocycles. The van der Waals surface area contributed by atoms with Crippen molar-refractivity contribution in [3.8, 4) is 0 Å². The average molecular weight is 206 g/mol. The third kappa shape index (κ3) is 6.29. The van der Waals surface area contributed by atoms with Gasteiger partial charge in [0.25, 0.3) is 0 Å². The number of hydrogen-bond acceptors (Lipinski definition) is 0. The maximum Gasteiger partial charge on any atom is 0.0780 e. The fourth-order valence-corrected chi connectivity index (χ4v) is 1.74. The second-order valence-electron chi connectivity index (χ2n) is 5.31. The molecule has 1 aromatic carbocycles. The van der Waals surface area contributed by atoms with Crippen LogP contribution in [0, 0.1) is 0 Å². The molecule has 15 heavy (non-hydrogen) atoms. The molecule has 1 heteroatoms. The third-order valence-corrected chi connectivity index (χ3v) is 2.64. The van der Waals surface area contributed by atoms with Gasteiger partial charge in [0.15, 0.2) is 0 Å². The molecule has 0 radical (unpaired) electrons. The zero-order chi connectivity index (χ0) is 11.1. The zero-order valence-electron chi connectivity index (χ0n) is 10.4. The Balaban J connectivity index is 2.08. The Morgan fingerprint density at radius 1 is 0.867 bits per heavy atom. The Morgan fingerprint density at radius 3 is 2.13 bits per heavy atom. The van der Waals surface area contributed by atoms with Gasteiger partial charge in [0, 0.05) is 0 Å². The first-order chi connectivity index (χ1) is 7.08. The van der Waals surface area contributed by atoms with Gasteiger partial charge < -0.3 is 4.48 Å². The minimum absolute atomic E-state index is 1.09. The highest BCUT2D eigenvalue weighted by atomic mass is 15.3. The molecule has 0 atom stereocenters. The van der Waals surface area contributed by atoms with Crippen LogP contribution >= 0.6 is 0 Å². The van der Waals surface area contributed by atoms with Crippen molar-refractivity contribution in [1.29, 1.82) is 0 Å². The lowest BCUT2D eigenvalue weighted by atomic mass is 10.1. The van der Waals surface area contributed by atoms with E-state index in [1.54, 1.807) is 0 Å². The molecule has 0 amide bonds. The fraction of sp³-hybridized carbons (Fsp3) is 0.571. The van der Waals surface area contributed by atoms with Crippen molar-refractivity contribution in [2.45, 2.75) is 25.7 Å². The SMILES string of the molecule is C[N+](C)(C)CCCCCc1ccccc1. The molecule has 0 saturated carbocycles. The van der Waals surface area contributed by atoms with Crippen molar-refractivity contribution >= 4 is 0 Å². The fourth-order valence-electron chi connectivity index (χ4n) is 1.74. The van der Waals surface area contributed by atoms with Gasteiger partial charge in [-0.2, -0.15) is 0 Å². The Morgan fingerprint density at radius 2 is 1.53 bits per heavy atom. The van der Waals surface area contributed by atoms with Gasteiger partial charge in [-0.15, -0.1) is 0 Å². The van der Waals surface area contributed by atoms with E-state index in [-0.39, 0.29) is 0 Å². The monoisotopic (exact) mass is 206 g/mol. The molecule has 1 aromatic rings. The van der Waals surface area contributed by atoms with Gasteiger partial charge in [-0.3, -0.25) is 0 Å². The van der Waals surface area contributed by atoms with E-state index in [1.807, 2.05) is 0 Å². The molecule has 0 bridgehead atoms. The molecule has 0 aliphatic heterocycles. The van der Waals surface area contributed by atoms with E-state index < -0.39 is 0 Å². The number of benzene rings is 1. The normalized spacial score (nSPS) is 11.7. The molecule has 0 heterocycles. The van der Waals surface area contributed by atoms with E-state index >= 15 is 0 Å².